The quantitative estimate of drug-likeness (QED) is 0.276. The standard InChI is InChI=1S/C25H22N2S3/c1-5-6-16-18(28)7-8-19-20(16)21-22(26-13-27-24(21)30-19)15-11-14-9-10-29-23(14)17(12-15)25(2,3)4/h5-13,28H,1-4H3/b6-5+. The number of allylic oxidation sites excluding steroid dienone is 1. The molecular formula is C25H22N2S3. The molecule has 0 aliphatic carbocycles. The minimum absolute atomic E-state index is 0.0519. The van der Waals surface area contributed by atoms with Crippen molar-refractivity contribution in [1.29, 1.82) is 0 Å². The van der Waals surface area contributed by atoms with Crippen molar-refractivity contribution in [2.75, 3.05) is 0 Å². The highest BCUT2D eigenvalue weighted by atomic mass is 32.1. The first kappa shape index (κ1) is 19.7. The second-order valence-electron chi connectivity index (χ2n) is 8.49. The van der Waals surface area contributed by atoms with Crippen LogP contribution >= 0.6 is 35.3 Å². The summed E-state index contributed by atoms with van der Waals surface area (Å²) in [4.78, 5) is 11.4. The van der Waals surface area contributed by atoms with E-state index < -0.39 is 0 Å². The van der Waals surface area contributed by atoms with E-state index in [0.717, 1.165) is 31.9 Å². The molecule has 0 atom stereocenters. The largest absolute Gasteiger partial charge is 0.236 e. The van der Waals surface area contributed by atoms with Gasteiger partial charge in [-0.05, 0) is 64.6 Å². The summed E-state index contributed by atoms with van der Waals surface area (Å²) in [5, 5.41) is 5.77. The van der Waals surface area contributed by atoms with Crippen molar-refractivity contribution >= 4 is 71.8 Å². The molecule has 5 aromatic rings. The third-order valence-corrected chi connectivity index (χ3v) is 7.84. The maximum atomic E-state index is 4.79. The maximum absolute atomic E-state index is 4.79. The summed E-state index contributed by atoms with van der Waals surface area (Å²) in [6.45, 7) is 8.87. The molecule has 0 N–H and O–H groups in total. The zero-order chi connectivity index (χ0) is 21.0. The van der Waals surface area contributed by atoms with E-state index in [4.69, 9.17) is 17.6 Å². The Kier molecular flexibility index (Phi) is 4.73. The van der Waals surface area contributed by atoms with E-state index in [1.54, 1.807) is 17.7 Å². The van der Waals surface area contributed by atoms with Crippen molar-refractivity contribution in [2.45, 2.75) is 38.0 Å². The van der Waals surface area contributed by atoms with Crippen LogP contribution in [-0.4, -0.2) is 9.97 Å². The summed E-state index contributed by atoms with van der Waals surface area (Å²) in [6.07, 6.45) is 5.89. The second kappa shape index (κ2) is 7.19. The molecule has 0 saturated heterocycles. The number of fused-ring (bicyclic) bond motifs is 4. The minimum Gasteiger partial charge on any atom is -0.236 e. The summed E-state index contributed by atoms with van der Waals surface area (Å²) in [6, 6.07) is 11.0. The number of thiol groups is 1. The number of hydrogen-bond donors (Lipinski definition) is 1. The third kappa shape index (κ3) is 3.08. The van der Waals surface area contributed by atoms with Crippen molar-refractivity contribution in [3.63, 3.8) is 0 Å². The first-order chi connectivity index (χ1) is 14.4. The van der Waals surface area contributed by atoms with Crippen LogP contribution in [0.15, 0.2) is 53.0 Å². The zero-order valence-corrected chi connectivity index (χ0v) is 19.9. The van der Waals surface area contributed by atoms with Gasteiger partial charge in [-0.3, -0.25) is 0 Å². The summed E-state index contributed by atoms with van der Waals surface area (Å²) in [5.41, 5.74) is 4.69. The molecule has 0 bridgehead atoms. The van der Waals surface area contributed by atoms with Crippen LogP contribution in [0.2, 0.25) is 0 Å². The molecule has 2 nitrogen and oxygen atoms in total. The van der Waals surface area contributed by atoms with Gasteiger partial charge in [0.2, 0.25) is 0 Å². The molecule has 150 valence electrons. The Morgan fingerprint density at radius 1 is 1.03 bits per heavy atom. The van der Waals surface area contributed by atoms with E-state index in [1.807, 2.05) is 18.3 Å². The van der Waals surface area contributed by atoms with E-state index in [9.17, 15) is 0 Å². The normalized spacial score (nSPS) is 12.7. The van der Waals surface area contributed by atoms with Crippen molar-refractivity contribution in [3.05, 3.63) is 59.2 Å². The molecule has 0 radical (unpaired) electrons. The van der Waals surface area contributed by atoms with E-state index >= 15 is 0 Å². The number of nitrogens with zero attached hydrogens (tertiary/aromatic N) is 2. The summed E-state index contributed by atoms with van der Waals surface area (Å²) in [7, 11) is 0. The minimum atomic E-state index is 0.0519. The molecule has 0 aliphatic heterocycles. The molecule has 0 saturated carbocycles. The zero-order valence-electron chi connectivity index (χ0n) is 17.4. The Bertz CT molecular complexity index is 1450. The first-order valence-electron chi connectivity index (χ1n) is 9.92. The van der Waals surface area contributed by atoms with E-state index in [1.165, 1.54) is 25.7 Å². The second-order valence-corrected chi connectivity index (χ2v) is 10.9. The Balaban J connectivity index is 1.92. The van der Waals surface area contributed by atoms with E-state index in [-0.39, 0.29) is 5.41 Å². The van der Waals surface area contributed by atoms with Crippen LogP contribution in [0, 0.1) is 0 Å². The molecule has 0 spiro atoms. The lowest BCUT2D eigenvalue weighted by Gasteiger charge is -2.21. The number of rotatable bonds is 2. The predicted molar refractivity (Wildman–Crippen MR) is 136 cm³/mol. The van der Waals surface area contributed by atoms with Crippen molar-refractivity contribution < 1.29 is 0 Å². The Hall–Kier alpha value is -2.21. The van der Waals surface area contributed by atoms with Crippen LogP contribution in [0.5, 0.6) is 0 Å². The Labute approximate surface area is 189 Å². The number of aromatic nitrogens is 2. The highest BCUT2D eigenvalue weighted by Crippen LogP contribution is 2.43. The highest BCUT2D eigenvalue weighted by Gasteiger charge is 2.22. The molecular weight excluding hydrogens is 424 g/mol. The lowest BCUT2D eigenvalue weighted by atomic mass is 9.85. The molecule has 30 heavy (non-hydrogen) atoms. The van der Waals surface area contributed by atoms with Crippen LogP contribution < -0.4 is 0 Å². The average Bonchev–Trinajstić information content (AvgIpc) is 3.32. The van der Waals surface area contributed by atoms with E-state index in [0.29, 0.717) is 0 Å². The van der Waals surface area contributed by atoms with Gasteiger partial charge in [-0.15, -0.1) is 35.3 Å². The molecule has 3 aromatic heterocycles. The van der Waals surface area contributed by atoms with Crippen molar-refractivity contribution in [3.8, 4) is 11.3 Å². The monoisotopic (exact) mass is 446 g/mol. The summed E-state index contributed by atoms with van der Waals surface area (Å²) in [5.74, 6) is 0. The fourth-order valence-electron chi connectivity index (χ4n) is 4.04. The molecule has 5 rings (SSSR count). The third-order valence-electron chi connectivity index (χ3n) is 5.42. The molecule has 3 heterocycles. The topological polar surface area (TPSA) is 25.8 Å². The SMILES string of the molecule is C/C=C/c1c(S)ccc2sc3ncnc(-c4cc(C(C)(C)C)c5sccc5c4)c3c12. The molecule has 0 amide bonds. The van der Waals surface area contributed by atoms with Crippen LogP contribution in [0.1, 0.15) is 38.8 Å². The molecule has 0 fully saturated rings. The fourth-order valence-corrected chi connectivity index (χ4v) is 6.46. The lowest BCUT2D eigenvalue weighted by molar-refractivity contribution is 0.597. The first-order valence-corrected chi connectivity index (χ1v) is 12.1. The van der Waals surface area contributed by atoms with Crippen LogP contribution in [0.25, 0.3) is 47.7 Å². The Morgan fingerprint density at radius 2 is 1.87 bits per heavy atom. The number of thiophene rings is 2. The van der Waals surface area contributed by atoms with Crippen molar-refractivity contribution in [2.24, 2.45) is 0 Å². The van der Waals surface area contributed by atoms with Gasteiger partial charge in [0.15, 0.2) is 0 Å². The molecule has 2 aromatic carbocycles. The highest BCUT2D eigenvalue weighted by molar-refractivity contribution is 7.80. The van der Waals surface area contributed by atoms with Gasteiger partial charge < -0.3 is 0 Å². The summed E-state index contributed by atoms with van der Waals surface area (Å²) >= 11 is 8.27. The molecule has 0 aliphatic rings. The number of hydrogen-bond acceptors (Lipinski definition) is 5. The average molecular weight is 447 g/mol. The van der Waals surface area contributed by atoms with Gasteiger partial charge in [0.05, 0.1) is 5.69 Å². The van der Waals surface area contributed by atoms with Crippen LogP contribution in [0.4, 0.5) is 0 Å². The molecule has 5 heteroatoms. The number of benzene rings is 2. The van der Waals surface area contributed by atoms with Gasteiger partial charge in [-0.2, -0.15) is 0 Å². The van der Waals surface area contributed by atoms with Gasteiger partial charge in [-0.1, -0.05) is 32.9 Å². The maximum Gasteiger partial charge on any atom is 0.128 e. The van der Waals surface area contributed by atoms with Gasteiger partial charge in [0, 0.05) is 30.6 Å². The van der Waals surface area contributed by atoms with Crippen molar-refractivity contribution in [1.82, 2.24) is 9.97 Å². The Morgan fingerprint density at radius 3 is 2.63 bits per heavy atom. The predicted octanol–water partition coefficient (Wildman–Crippen LogP) is 8.35. The van der Waals surface area contributed by atoms with Crippen LogP contribution in [0.3, 0.4) is 0 Å². The van der Waals surface area contributed by atoms with Crippen LogP contribution in [-0.2, 0) is 5.41 Å². The lowest BCUT2D eigenvalue weighted by Crippen LogP contribution is -2.11. The van der Waals surface area contributed by atoms with E-state index in [2.05, 4.69) is 73.6 Å². The molecule has 0 unspecified atom stereocenters. The fraction of sp³-hybridized carbons (Fsp3) is 0.200. The van der Waals surface area contributed by atoms with Gasteiger partial charge in [-0.25, -0.2) is 9.97 Å². The smallest absolute Gasteiger partial charge is 0.128 e. The van der Waals surface area contributed by atoms with Gasteiger partial charge in [0.1, 0.15) is 11.2 Å². The van der Waals surface area contributed by atoms with Gasteiger partial charge >= 0.3 is 0 Å². The van der Waals surface area contributed by atoms with Gasteiger partial charge in [0.25, 0.3) is 0 Å². The summed E-state index contributed by atoms with van der Waals surface area (Å²) < 4.78 is 2.57.